The monoisotopic (exact) mass is 515 g/mol. The highest BCUT2D eigenvalue weighted by Crippen LogP contribution is 2.39. The first kappa shape index (κ1) is 25.6. The van der Waals surface area contributed by atoms with Gasteiger partial charge in [-0.2, -0.15) is 0 Å². The second-order valence-electron chi connectivity index (χ2n) is 5.88. The van der Waals surface area contributed by atoms with Gasteiger partial charge >= 0.3 is 0 Å². The summed E-state index contributed by atoms with van der Waals surface area (Å²) in [5, 5.41) is 6.37. The number of benzene rings is 1. The molecule has 0 heterocycles. The molecule has 1 rings (SSSR count). The van der Waals surface area contributed by atoms with Crippen LogP contribution >= 0.6 is 24.0 Å². The van der Waals surface area contributed by atoms with E-state index in [-0.39, 0.29) is 35.8 Å². The van der Waals surface area contributed by atoms with Crippen molar-refractivity contribution in [2.75, 3.05) is 40.4 Å². The first-order valence-electron chi connectivity index (χ1n) is 8.18. The van der Waals surface area contributed by atoms with Gasteiger partial charge in [0.2, 0.25) is 5.75 Å². The minimum Gasteiger partial charge on any atom is -0.493 e. The summed E-state index contributed by atoms with van der Waals surface area (Å²) in [6.45, 7) is 2.36. The molecule has 1 aromatic carbocycles. The summed E-state index contributed by atoms with van der Waals surface area (Å²) in [6, 6.07) is 3.65. The summed E-state index contributed by atoms with van der Waals surface area (Å²) in [5.74, 6) is 2.40. The Morgan fingerprint density at radius 2 is 1.78 bits per heavy atom. The van der Waals surface area contributed by atoms with Crippen molar-refractivity contribution in [3.05, 3.63) is 17.7 Å². The van der Waals surface area contributed by atoms with Gasteiger partial charge in [0.25, 0.3) is 0 Å². The molecule has 10 heteroatoms. The van der Waals surface area contributed by atoms with E-state index in [1.165, 1.54) is 6.26 Å². The van der Waals surface area contributed by atoms with Gasteiger partial charge in [-0.15, -0.1) is 24.0 Å². The highest BCUT2D eigenvalue weighted by atomic mass is 127. The molecule has 0 saturated heterocycles. The largest absolute Gasteiger partial charge is 0.493 e. The highest BCUT2D eigenvalue weighted by molar-refractivity contribution is 14.0. The minimum atomic E-state index is -2.98. The fourth-order valence-electron chi connectivity index (χ4n) is 2.37. The SMILES string of the molecule is CN=C(NCc1ccc(OC)c(OC)c1OC)NC(C)CCS(C)(=O)=O.I. The van der Waals surface area contributed by atoms with Gasteiger partial charge < -0.3 is 24.8 Å². The predicted molar refractivity (Wildman–Crippen MR) is 119 cm³/mol. The molecule has 0 fully saturated rings. The Bertz CT molecular complexity index is 726. The Balaban J connectivity index is 0.00000676. The van der Waals surface area contributed by atoms with Crippen LogP contribution in [0, 0.1) is 0 Å². The second-order valence-corrected chi connectivity index (χ2v) is 8.14. The zero-order valence-electron chi connectivity index (χ0n) is 16.7. The molecule has 0 spiro atoms. The van der Waals surface area contributed by atoms with Gasteiger partial charge in [-0.05, 0) is 25.5 Å². The van der Waals surface area contributed by atoms with E-state index in [1.54, 1.807) is 28.4 Å². The number of aliphatic imine (C=N–C) groups is 1. The molecule has 1 unspecified atom stereocenters. The van der Waals surface area contributed by atoms with Gasteiger partial charge in [0.15, 0.2) is 17.5 Å². The number of methoxy groups -OCH3 is 3. The van der Waals surface area contributed by atoms with Gasteiger partial charge in [-0.1, -0.05) is 0 Å². The topological polar surface area (TPSA) is 98.2 Å². The second kappa shape index (κ2) is 12.1. The van der Waals surface area contributed by atoms with E-state index in [9.17, 15) is 8.42 Å². The molecule has 156 valence electrons. The molecule has 1 atom stereocenters. The summed E-state index contributed by atoms with van der Waals surface area (Å²) >= 11 is 0. The molecule has 0 aromatic heterocycles. The molecule has 27 heavy (non-hydrogen) atoms. The van der Waals surface area contributed by atoms with Crippen LogP contribution in [0.1, 0.15) is 18.9 Å². The Morgan fingerprint density at radius 3 is 2.26 bits per heavy atom. The number of nitrogens with one attached hydrogen (secondary N) is 2. The zero-order valence-corrected chi connectivity index (χ0v) is 19.8. The van der Waals surface area contributed by atoms with Crippen molar-refractivity contribution in [3.8, 4) is 17.2 Å². The molecule has 0 bridgehead atoms. The van der Waals surface area contributed by atoms with Crippen LogP contribution in [0.4, 0.5) is 0 Å². The van der Waals surface area contributed by atoms with E-state index >= 15 is 0 Å². The van der Waals surface area contributed by atoms with Crippen LogP contribution in [0.3, 0.4) is 0 Å². The third kappa shape index (κ3) is 8.41. The van der Waals surface area contributed by atoms with Crippen molar-refractivity contribution in [2.45, 2.75) is 25.9 Å². The fraction of sp³-hybridized carbons (Fsp3) is 0.588. The maximum Gasteiger partial charge on any atom is 0.203 e. The summed E-state index contributed by atoms with van der Waals surface area (Å²) in [4.78, 5) is 4.17. The van der Waals surface area contributed by atoms with Crippen LogP contribution in [0.25, 0.3) is 0 Å². The molecule has 1 aromatic rings. The predicted octanol–water partition coefficient (Wildman–Crippen LogP) is 1.82. The summed E-state index contributed by atoms with van der Waals surface area (Å²) in [6.07, 6.45) is 1.73. The minimum absolute atomic E-state index is 0. The number of hydrogen-bond acceptors (Lipinski definition) is 6. The van der Waals surface area contributed by atoms with Crippen LogP contribution in [0.5, 0.6) is 17.2 Å². The van der Waals surface area contributed by atoms with E-state index in [0.29, 0.717) is 36.2 Å². The van der Waals surface area contributed by atoms with Gasteiger partial charge in [-0.3, -0.25) is 4.99 Å². The highest BCUT2D eigenvalue weighted by Gasteiger charge is 2.16. The number of guanidine groups is 1. The van der Waals surface area contributed by atoms with Crippen molar-refractivity contribution in [1.82, 2.24) is 10.6 Å². The van der Waals surface area contributed by atoms with Crippen molar-refractivity contribution in [1.29, 1.82) is 0 Å². The van der Waals surface area contributed by atoms with E-state index in [2.05, 4.69) is 15.6 Å². The lowest BCUT2D eigenvalue weighted by Gasteiger charge is -2.19. The van der Waals surface area contributed by atoms with E-state index in [1.807, 2.05) is 19.1 Å². The summed E-state index contributed by atoms with van der Waals surface area (Å²) in [5.41, 5.74) is 0.872. The number of sulfone groups is 1. The van der Waals surface area contributed by atoms with Crippen molar-refractivity contribution in [3.63, 3.8) is 0 Å². The molecule has 0 aliphatic carbocycles. The van der Waals surface area contributed by atoms with Crippen molar-refractivity contribution in [2.24, 2.45) is 4.99 Å². The van der Waals surface area contributed by atoms with Gasteiger partial charge in [0, 0.05) is 31.5 Å². The molecular formula is C17H30IN3O5S. The smallest absolute Gasteiger partial charge is 0.203 e. The van der Waals surface area contributed by atoms with Gasteiger partial charge in [0.05, 0.1) is 27.1 Å². The van der Waals surface area contributed by atoms with Gasteiger partial charge in [-0.25, -0.2) is 8.42 Å². The summed E-state index contributed by atoms with van der Waals surface area (Å²) in [7, 11) is 3.37. The Morgan fingerprint density at radius 1 is 1.15 bits per heavy atom. The third-order valence-corrected chi connectivity index (χ3v) is 4.74. The lowest BCUT2D eigenvalue weighted by Crippen LogP contribution is -2.42. The Labute approximate surface area is 179 Å². The maximum absolute atomic E-state index is 11.3. The molecular weight excluding hydrogens is 485 g/mol. The molecule has 0 aliphatic rings. The number of nitrogens with zero attached hydrogens (tertiary/aromatic N) is 1. The van der Waals surface area contributed by atoms with E-state index in [0.717, 1.165) is 5.56 Å². The average Bonchev–Trinajstić information content (AvgIpc) is 2.61. The Hall–Kier alpha value is -1.43. The fourth-order valence-corrected chi connectivity index (χ4v) is 3.15. The normalized spacial score (nSPS) is 12.6. The van der Waals surface area contributed by atoms with E-state index < -0.39 is 9.84 Å². The lowest BCUT2D eigenvalue weighted by molar-refractivity contribution is 0.322. The van der Waals surface area contributed by atoms with Crippen molar-refractivity contribution < 1.29 is 22.6 Å². The van der Waals surface area contributed by atoms with Crippen LogP contribution in [-0.2, 0) is 16.4 Å². The molecule has 0 radical (unpaired) electrons. The van der Waals surface area contributed by atoms with Crippen LogP contribution < -0.4 is 24.8 Å². The first-order chi connectivity index (χ1) is 12.3. The first-order valence-corrected chi connectivity index (χ1v) is 10.2. The molecule has 0 aliphatic heterocycles. The molecule has 0 amide bonds. The lowest BCUT2D eigenvalue weighted by atomic mass is 10.1. The number of hydrogen-bond donors (Lipinski definition) is 2. The van der Waals surface area contributed by atoms with Crippen LogP contribution in [-0.4, -0.2) is 60.8 Å². The summed E-state index contributed by atoms with van der Waals surface area (Å²) < 4.78 is 38.7. The van der Waals surface area contributed by atoms with Crippen LogP contribution in [0.2, 0.25) is 0 Å². The standard InChI is InChI=1S/C17H29N3O5S.HI/c1-12(9-10-26(6,21)22)20-17(18-2)19-11-13-7-8-14(23-3)16(25-5)15(13)24-4;/h7-8,12H,9-11H2,1-6H3,(H2,18,19,20);1H. The Kier molecular flexibility index (Phi) is 11.5. The number of halogens is 1. The van der Waals surface area contributed by atoms with Gasteiger partial charge in [0.1, 0.15) is 9.84 Å². The molecule has 8 nitrogen and oxygen atoms in total. The van der Waals surface area contributed by atoms with Crippen molar-refractivity contribution >= 4 is 39.8 Å². The molecule has 0 saturated carbocycles. The molecule has 2 N–H and O–H groups in total. The maximum atomic E-state index is 11.3. The number of rotatable bonds is 9. The zero-order chi connectivity index (χ0) is 19.7. The average molecular weight is 515 g/mol. The van der Waals surface area contributed by atoms with E-state index in [4.69, 9.17) is 14.2 Å². The van der Waals surface area contributed by atoms with Crippen LogP contribution in [0.15, 0.2) is 17.1 Å². The quantitative estimate of drug-likeness (QED) is 0.294. The third-order valence-electron chi connectivity index (χ3n) is 3.76. The number of ether oxygens (including phenoxy) is 3.